The number of carbonyl (C=O) groups excluding carboxylic acids is 1. The molecule has 0 bridgehead atoms. The zero-order valence-corrected chi connectivity index (χ0v) is 16.9. The second-order valence-corrected chi connectivity index (χ2v) is 6.69. The van der Waals surface area contributed by atoms with Gasteiger partial charge in [-0.2, -0.15) is 0 Å². The van der Waals surface area contributed by atoms with Crippen molar-refractivity contribution in [2.24, 2.45) is 0 Å². The number of para-hydroxylation sites is 1. The minimum atomic E-state index is 0.464. The van der Waals surface area contributed by atoms with E-state index in [0.29, 0.717) is 35.2 Å². The number of aldehydes is 1. The molecule has 29 heavy (non-hydrogen) atoms. The van der Waals surface area contributed by atoms with Gasteiger partial charge in [0.2, 0.25) is 5.75 Å². The number of ether oxygens (including phenoxy) is 3. The van der Waals surface area contributed by atoms with Crippen LogP contribution in [-0.4, -0.2) is 20.0 Å². The fourth-order valence-electron chi connectivity index (χ4n) is 3.09. The third-order valence-electron chi connectivity index (χ3n) is 4.59. The average Bonchev–Trinajstić information content (AvgIpc) is 2.78. The molecule has 3 aromatic carbocycles. The largest absolute Gasteiger partial charge is 0.493 e. The van der Waals surface area contributed by atoms with Crippen molar-refractivity contribution >= 4 is 6.29 Å². The van der Waals surface area contributed by atoms with Gasteiger partial charge in [0.15, 0.2) is 11.5 Å². The van der Waals surface area contributed by atoms with Crippen LogP contribution in [0.25, 0.3) is 11.1 Å². The van der Waals surface area contributed by atoms with Gasteiger partial charge in [0, 0.05) is 11.1 Å². The molecule has 3 rings (SSSR count). The van der Waals surface area contributed by atoms with Crippen molar-refractivity contribution < 1.29 is 19.0 Å². The van der Waals surface area contributed by atoms with E-state index in [0.717, 1.165) is 36.7 Å². The molecule has 0 aliphatic heterocycles. The Morgan fingerprint density at radius 1 is 0.862 bits per heavy atom. The van der Waals surface area contributed by atoms with Gasteiger partial charge >= 0.3 is 0 Å². The highest BCUT2D eigenvalue weighted by Gasteiger charge is 2.17. The Balaban J connectivity index is 1.99. The zero-order valence-electron chi connectivity index (χ0n) is 16.9. The standard InChI is InChI=1S/C25H26O4/c1-3-4-10-15-28-25-23(27-2)16-19(18-26)17-24(25)29-22-14-9-8-13-21(22)20-11-6-5-7-12-20/h5-9,11-14,16-18H,3-4,10,15H2,1-2H3. The van der Waals surface area contributed by atoms with Gasteiger partial charge in [0.05, 0.1) is 13.7 Å². The van der Waals surface area contributed by atoms with Crippen molar-refractivity contribution in [3.05, 3.63) is 72.3 Å². The first-order valence-electron chi connectivity index (χ1n) is 9.89. The molecule has 3 aromatic rings. The highest BCUT2D eigenvalue weighted by atomic mass is 16.5. The van der Waals surface area contributed by atoms with Crippen LogP contribution in [-0.2, 0) is 0 Å². The van der Waals surface area contributed by atoms with E-state index in [1.165, 1.54) is 0 Å². The van der Waals surface area contributed by atoms with Crippen LogP contribution in [0.5, 0.6) is 23.0 Å². The molecule has 0 aromatic heterocycles. The zero-order chi connectivity index (χ0) is 20.5. The Morgan fingerprint density at radius 2 is 1.59 bits per heavy atom. The number of methoxy groups -OCH3 is 1. The summed E-state index contributed by atoms with van der Waals surface area (Å²) in [4.78, 5) is 11.4. The summed E-state index contributed by atoms with van der Waals surface area (Å²) in [6, 6.07) is 21.2. The molecule has 0 saturated heterocycles. The molecule has 0 amide bonds. The highest BCUT2D eigenvalue weighted by molar-refractivity contribution is 5.79. The summed E-state index contributed by atoms with van der Waals surface area (Å²) in [5.74, 6) is 2.14. The molecule has 0 spiro atoms. The van der Waals surface area contributed by atoms with Crippen LogP contribution in [0.15, 0.2) is 66.7 Å². The minimum Gasteiger partial charge on any atom is -0.493 e. The Kier molecular flexibility index (Phi) is 7.28. The van der Waals surface area contributed by atoms with E-state index < -0.39 is 0 Å². The van der Waals surface area contributed by atoms with Crippen molar-refractivity contribution in [1.82, 2.24) is 0 Å². The summed E-state index contributed by atoms with van der Waals surface area (Å²) in [5, 5.41) is 0. The molecule has 4 nitrogen and oxygen atoms in total. The summed E-state index contributed by atoms with van der Waals surface area (Å²) in [7, 11) is 1.56. The lowest BCUT2D eigenvalue weighted by atomic mass is 10.0. The summed E-state index contributed by atoms with van der Waals surface area (Å²) in [6.07, 6.45) is 3.91. The number of benzene rings is 3. The fourth-order valence-corrected chi connectivity index (χ4v) is 3.09. The Bertz CT molecular complexity index is 935. The quantitative estimate of drug-likeness (QED) is 0.291. The predicted molar refractivity (Wildman–Crippen MR) is 115 cm³/mol. The summed E-state index contributed by atoms with van der Waals surface area (Å²) in [6.45, 7) is 2.70. The van der Waals surface area contributed by atoms with E-state index in [9.17, 15) is 4.79 Å². The van der Waals surface area contributed by atoms with Gasteiger partial charge in [-0.05, 0) is 30.2 Å². The van der Waals surface area contributed by atoms with Gasteiger partial charge in [0.25, 0.3) is 0 Å². The minimum absolute atomic E-state index is 0.464. The number of hydrogen-bond acceptors (Lipinski definition) is 4. The van der Waals surface area contributed by atoms with Crippen LogP contribution in [0, 0.1) is 0 Å². The van der Waals surface area contributed by atoms with Gasteiger partial charge in [-0.25, -0.2) is 0 Å². The first kappa shape index (κ1) is 20.5. The first-order valence-corrected chi connectivity index (χ1v) is 9.89. The lowest BCUT2D eigenvalue weighted by Crippen LogP contribution is -2.02. The maximum Gasteiger partial charge on any atom is 0.204 e. The van der Waals surface area contributed by atoms with Crippen molar-refractivity contribution in [3.63, 3.8) is 0 Å². The monoisotopic (exact) mass is 390 g/mol. The van der Waals surface area contributed by atoms with E-state index in [2.05, 4.69) is 6.92 Å². The fraction of sp³-hybridized carbons (Fsp3) is 0.240. The van der Waals surface area contributed by atoms with Crippen LogP contribution in [0.3, 0.4) is 0 Å². The molecule has 0 aliphatic carbocycles. The topological polar surface area (TPSA) is 44.8 Å². The molecule has 0 radical (unpaired) electrons. The lowest BCUT2D eigenvalue weighted by Gasteiger charge is -2.18. The van der Waals surface area contributed by atoms with E-state index in [4.69, 9.17) is 14.2 Å². The molecule has 0 saturated carbocycles. The molecule has 150 valence electrons. The summed E-state index contributed by atoms with van der Waals surface area (Å²) in [5.41, 5.74) is 2.47. The van der Waals surface area contributed by atoms with E-state index in [1.807, 2.05) is 54.6 Å². The van der Waals surface area contributed by atoms with Crippen LogP contribution in [0.1, 0.15) is 36.5 Å². The van der Waals surface area contributed by atoms with E-state index >= 15 is 0 Å². The smallest absolute Gasteiger partial charge is 0.204 e. The summed E-state index contributed by atoms with van der Waals surface area (Å²) < 4.78 is 17.8. The molecular formula is C25H26O4. The number of hydrogen-bond donors (Lipinski definition) is 0. The molecule has 0 aliphatic rings. The maximum atomic E-state index is 11.4. The molecule has 0 heterocycles. The first-order chi connectivity index (χ1) is 14.3. The van der Waals surface area contributed by atoms with Crippen LogP contribution in [0.4, 0.5) is 0 Å². The number of carbonyl (C=O) groups is 1. The van der Waals surface area contributed by atoms with Gasteiger partial charge < -0.3 is 14.2 Å². The molecule has 0 atom stereocenters. The molecular weight excluding hydrogens is 364 g/mol. The third-order valence-corrected chi connectivity index (χ3v) is 4.59. The third kappa shape index (κ3) is 5.17. The molecule has 0 unspecified atom stereocenters. The molecule has 0 N–H and O–H groups in total. The van der Waals surface area contributed by atoms with Crippen LogP contribution >= 0.6 is 0 Å². The Labute approximate surface area is 172 Å². The second kappa shape index (κ2) is 10.3. The van der Waals surface area contributed by atoms with Gasteiger partial charge in [-0.3, -0.25) is 4.79 Å². The molecule has 4 heteroatoms. The average molecular weight is 390 g/mol. The number of unbranched alkanes of at least 4 members (excludes halogenated alkanes) is 2. The van der Waals surface area contributed by atoms with Crippen LogP contribution in [0.2, 0.25) is 0 Å². The highest BCUT2D eigenvalue weighted by Crippen LogP contribution is 2.43. The van der Waals surface area contributed by atoms with Crippen molar-refractivity contribution in [1.29, 1.82) is 0 Å². The van der Waals surface area contributed by atoms with E-state index in [1.54, 1.807) is 19.2 Å². The second-order valence-electron chi connectivity index (χ2n) is 6.69. The summed E-state index contributed by atoms with van der Waals surface area (Å²) >= 11 is 0. The maximum absolute atomic E-state index is 11.4. The van der Waals surface area contributed by atoms with E-state index in [-0.39, 0.29) is 0 Å². The predicted octanol–water partition coefficient (Wildman–Crippen LogP) is 6.54. The number of rotatable bonds is 10. The normalized spacial score (nSPS) is 10.4. The lowest BCUT2D eigenvalue weighted by molar-refractivity contribution is 0.112. The van der Waals surface area contributed by atoms with Crippen LogP contribution < -0.4 is 14.2 Å². The Hall–Kier alpha value is -3.27. The molecule has 0 fully saturated rings. The van der Waals surface area contributed by atoms with Gasteiger partial charge in [-0.1, -0.05) is 68.3 Å². The van der Waals surface area contributed by atoms with Crippen molar-refractivity contribution in [2.45, 2.75) is 26.2 Å². The van der Waals surface area contributed by atoms with Gasteiger partial charge in [-0.15, -0.1) is 0 Å². The van der Waals surface area contributed by atoms with Crippen molar-refractivity contribution in [3.8, 4) is 34.1 Å². The van der Waals surface area contributed by atoms with Crippen molar-refractivity contribution in [2.75, 3.05) is 13.7 Å². The van der Waals surface area contributed by atoms with Gasteiger partial charge in [0.1, 0.15) is 12.0 Å². The SMILES string of the molecule is CCCCCOc1c(OC)cc(C=O)cc1Oc1ccccc1-c1ccccc1. The Morgan fingerprint density at radius 3 is 2.31 bits per heavy atom.